The van der Waals surface area contributed by atoms with Gasteiger partial charge in [-0.15, -0.1) is 0 Å². The fraction of sp³-hybridized carbons (Fsp3) is 0.286. The van der Waals surface area contributed by atoms with Crippen molar-refractivity contribution in [1.82, 2.24) is 15.3 Å². The lowest BCUT2D eigenvalue weighted by atomic mass is 10.2. The molecule has 2 aromatic rings. The van der Waals surface area contributed by atoms with Gasteiger partial charge in [0.2, 0.25) is 0 Å². The van der Waals surface area contributed by atoms with Crippen LogP contribution in [-0.4, -0.2) is 22.3 Å². The van der Waals surface area contributed by atoms with Crippen molar-refractivity contribution >= 4 is 27.7 Å². The van der Waals surface area contributed by atoms with Gasteiger partial charge in [-0.05, 0) is 36.7 Å². The van der Waals surface area contributed by atoms with Crippen molar-refractivity contribution in [2.24, 2.45) is 0 Å². The molecule has 3 nitrogen and oxygen atoms in total. The molecule has 2 rings (SSSR count). The number of rotatable bonds is 7. The summed E-state index contributed by atoms with van der Waals surface area (Å²) in [4.78, 5) is 8.36. The van der Waals surface area contributed by atoms with Gasteiger partial charge < -0.3 is 17.7 Å². The SMILES string of the molecule is Brc1ccc(CNCCCSc2ncccn2)cc1.[Cl-]. The second-order valence-corrected chi connectivity index (χ2v) is 6.01. The highest BCUT2D eigenvalue weighted by Crippen LogP contribution is 2.12. The van der Waals surface area contributed by atoms with Crippen molar-refractivity contribution in [3.63, 3.8) is 0 Å². The highest BCUT2D eigenvalue weighted by Gasteiger charge is 1.96. The minimum Gasteiger partial charge on any atom is -1.00 e. The van der Waals surface area contributed by atoms with Crippen LogP contribution in [0.5, 0.6) is 0 Å². The molecule has 108 valence electrons. The summed E-state index contributed by atoms with van der Waals surface area (Å²) < 4.78 is 1.12. The quantitative estimate of drug-likeness (QED) is 0.436. The van der Waals surface area contributed by atoms with Gasteiger partial charge in [0.1, 0.15) is 0 Å². The van der Waals surface area contributed by atoms with E-state index in [1.54, 1.807) is 24.2 Å². The molecule has 0 spiro atoms. The van der Waals surface area contributed by atoms with Crippen LogP contribution in [0.2, 0.25) is 0 Å². The summed E-state index contributed by atoms with van der Waals surface area (Å²) in [5.41, 5.74) is 1.31. The summed E-state index contributed by atoms with van der Waals surface area (Å²) in [6, 6.07) is 10.2. The molecule has 0 atom stereocenters. The van der Waals surface area contributed by atoms with Gasteiger partial charge in [0.25, 0.3) is 0 Å². The van der Waals surface area contributed by atoms with Crippen molar-refractivity contribution in [2.75, 3.05) is 12.3 Å². The minimum absolute atomic E-state index is 0. The minimum atomic E-state index is 0. The number of hydrogen-bond acceptors (Lipinski definition) is 4. The first-order chi connectivity index (χ1) is 9.34. The Morgan fingerprint density at radius 1 is 1.10 bits per heavy atom. The molecule has 1 aromatic heterocycles. The summed E-state index contributed by atoms with van der Waals surface area (Å²) in [5.74, 6) is 1.04. The van der Waals surface area contributed by atoms with Crippen LogP contribution in [0.3, 0.4) is 0 Å². The number of nitrogens with one attached hydrogen (secondary N) is 1. The van der Waals surface area contributed by atoms with Crippen LogP contribution in [0.4, 0.5) is 0 Å². The van der Waals surface area contributed by atoms with E-state index in [0.29, 0.717) is 0 Å². The molecule has 20 heavy (non-hydrogen) atoms. The zero-order valence-corrected chi connectivity index (χ0v) is 14.1. The van der Waals surface area contributed by atoms with E-state index >= 15 is 0 Å². The fourth-order valence-corrected chi connectivity index (χ4v) is 2.56. The molecule has 0 bridgehead atoms. The first-order valence-corrected chi connectivity index (χ1v) is 7.97. The highest BCUT2D eigenvalue weighted by atomic mass is 79.9. The lowest BCUT2D eigenvalue weighted by Crippen LogP contribution is -3.00. The smallest absolute Gasteiger partial charge is 0.187 e. The number of halogens is 2. The molecule has 6 heteroatoms. The van der Waals surface area contributed by atoms with Crippen molar-refractivity contribution in [1.29, 1.82) is 0 Å². The third-order valence-electron chi connectivity index (χ3n) is 2.51. The molecule has 0 unspecified atom stereocenters. The molecule has 1 N–H and O–H groups in total. The summed E-state index contributed by atoms with van der Waals surface area (Å²) in [6.07, 6.45) is 4.67. The third-order valence-corrected chi connectivity index (χ3v) is 4.00. The van der Waals surface area contributed by atoms with Gasteiger partial charge in [0, 0.05) is 29.2 Å². The summed E-state index contributed by atoms with van der Waals surface area (Å²) in [5, 5.41) is 4.29. The highest BCUT2D eigenvalue weighted by molar-refractivity contribution is 9.10. The van der Waals surface area contributed by atoms with Gasteiger partial charge in [-0.1, -0.05) is 39.8 Å². The molecular formula is C14H16BrClN3S-. The third kappa shape index (κ3) is 6.70. The van der Waals surface area contributed by atoms with E-state index in [-0.39, 0.29) is 12.4 Å². The standard InChI is InChI=1S/C14H16BrN3S.ClH/c15-13-5-3-12(4-6-13)11-16-7-2-10-19-14-17-8-1-9-18-14;/h1,3-6,8-9,16H,2,7,10-11H2;1H/p-1. The Kier molecular flexibility index (Phi) is 8.85. The van der Waals surface area contributed by atoms with Gasteiger partial charge in [-0.2, -0.15) is 0 Å². The molecule has 0 aliphatic carbocycles. The van der Waals surface area contributed by atoms with E-state index in [0.717, 1.165) is 34.9 Å². The second kappa shape index (κ2) is 10.2. The molecule has 0 aliphatic heterocycles. The first-order valence-electron chi connectivity index (χ1n) is 6.19. The largest absolute Gasteiger partial charge is 1.00 e. The average molecular weight is 374 g/mol. The number of aromatic nitrogens is 2. The molecule has 0 amide bonds. The summed E-state index contributed by atoms with van der Waals surface area (Å²) in [6.45, 7) is 1.93. The molecule has 1 heterocycles. The van der Waals surface area contributed by atoms with Crippen LogP contribution >= 0.6 is 27.7 Å². The van der Waals surface area contributed by atoms with Gasteiger partial charge in [-0.3, -0.25) is 0 Å². The second-order valence-electron chi connectivity index (χ2n) is 4.04. The Morgan fingerprint density at radius 3 is 2.50 bits per heavy atom. The Labute approximate surface area is 138 Å². The number of benzene rings is 1. The maximum absolute atomic E-state index is 4.18. The van der Waals surface area contributed by atoms with Gasteiger partial charge in [-0.25, -0.2) is 9.97 Å². The Hall–Kier alpha value is -0.620. The van der Waals surface area contributed by atoms with Gasteiger partial charge in [0.05, 0.1) is 0 Å². The summed E-state index contributed by atoms with van der Waals surface area (Å²) in [7, 11) is 0. The maximum atomic E-state index is 4.18. The van der Waals surface area contributed by atoms with Gasteiger partial charge in [0.15, 0.2) is 5.16 Å². The van der Waals surface area contributed by atoms with Crippen LogP contribution in [0.25, 0.3) is 0 Å². The Morgan fingerprint density at radius 2 is 1.80 bits per heavy atom. The molecule has 0 saturated carbocycles. The van der Waals surface area contributed by atoms with E-state index in [1.165, 1.54) is 5.56 Å². The van der Waals surface area contributed by atoms with E-state index in [2.05, 4.69) is 55.5 Å². The monoisotopic (exact) mass is 372 g/mol. The number of thioether (sulfide) groups is 1. The van der Waals surface area contributed by atoms with Crippen LogP contribution < -0.4 is 17.7 Å². The zero-order chi connectivity index (χ0) is 13.3. The van der Waals surface area contributed by atoms with Crippen LogP contribution in [-0.2, 0) is 6.54 Å². The Bertz CT molecular complexity index is 482. The normalized spacial score (nSPS) is 10.1. The zero-order valence-electron chi connectivity index (χ0n) is 10.9. The molecule has 1 aromatic carbocycles. The van der Waals surface area contributed by atoms with E-state index in [4.69, 9.17) is 0 Å². The fourth-order valence-electron chi connectivity index (χ4n) is 1.56. The van der Waals surface area contributed by atoms with Crippen molar-refractivity contribution < 1.29 is 12.4 Å². The first kappa shape index (κ1) is 17.4. The average Bonchev–Trinajstić information content (AvgIpc) is 2.46. The summed E-state index contributed by atoms with van der Waals surface area (Å²) >= 11 is 5.14. The molecule has 0 radical (unpaired) electrons. The lowest BCUT2D eigenvalue weighted by Gasteiger charge is -2.04. The molecule has 0 saturated heterocycles. The lowest BCUT2D eigenvalue weighted by molar-refractivity contribution is -0.00000384. The maximum Gasteiger partial charge on any atom is 0.187 e. The van der Waals surface area contributed by atoms with Crippen LogP contribution in [0, 0.1) is 0 Å². The van der Waals surface area contributed by atoms with Crippen molar-refractivity contribution in [2.45, 2.75) is 18.1 Å². The molecular weight excluding hydrogens is 358 g/mol. The molecule has 0 fully saturated rings. The number of nitrogens with zero attached hydrogens (tertiary/aromatic N) is 2. The van der Waals surface area contributed by atoms with Gasteiger partial charge >= 0.3 is 0 Å². The van der Waals surface area contributed by atoms with E-state index in [9.17, 15) is 0 Å². The van der Waals surface area contributed by atoms with Crippen molar-refractivity contribution in [3.05, 3.63) is 52.8 Å². The topological polar surface area (TPSA) is 37.8 Å². The van der Waals surface area contributed by atoms with Crippen molar-refractivity contribution in [3.8, 4) is 0 Å². The van der Waals surface area contributed by atoms with Crippen LogP contribution in [0.15, 0.2) is 52.4 Å². The van der Waals surface area contributed by atoms with E-state index < -0.39 is 0 Å². The Balaban J connectivity index is 0.00000200. The van der Waals surface area contributed by atoms with E-state index in [1.807, 2.05) is 6.07 Å². The number of hydrogen-bond donors (Lipinski definition) is 1. The molecule has 0 aliphatic rings. The van der Waals surface area contributed by atoms with Crippen LogP contribution in [0.1, 0.15) is 12.0 Å². The predicted molar refractivity (Wildman–Crippen MR) is 83.2 cm³/mol. The predicted octanol–water partition coefficient (Wildman–Crippen LogP) is 0.515.